The van der Waals surface area contributed by atoms with Crippen LogP contribution in [0, 0.1) is 12.8 Å². The van der Waals surface area contributed by atoms with Crippen LogP contribution in [0.1, 0.15) is 53.8 Å². The Kier molecular flexibility index (Phi) is 5.80. The molecule has 2 rings (SSSR count). The third kappa shape index (κ3) is 4.35. The molecule has 0 saturated carbocycles. The minimum atomic E-state index is -0.323. The fourth-order valence-electron chi connectivity index (χ4n) is 2.52. The number of esters is 1. The summed E-state index contributed by atoms with van der Waals surface area (Å²) in [5, 5.41) is 0. The van der Waals surface area contributed by atoms with E-state index in [0.29, 0.717) is 23.8 Å². The van der Waals surface area contributed by atoms with Crippen LogP contribution >= 0.6 is 0 Å². The lowest BCUT2D eigenvalue weighted by molar-refractivity contribution is 0.0524. The van der Waals surface area contributed by atoms with Crippen LogP contribution in [-0.4, -0.2) is 12.6 Å². The highest BCUT2D eigenvalue weighted by molar-refractivity contribution is 5.96. The number of rotatable bonds is 6. The molecule has 0 unspecified atom stereocenters. The molecule has 0 aliphatic rings. The maximum absolute atomic E-state index is 12.3. The van der Waals surface area contributed by atoms with Gasteiger partial charge in [-0.25, -0.2) is 4.79 Å². The first-order chi connectivity index (χ1) is 11.0. The molecule has 0 aliphatic carbocycles. The van der Waals surface area contributed by atoms with Crippen LogP contribution in [0.2, 0.25) is 0 Å². The number of carbonyl (C=O) groups excluding carboxylic acids is 1. The number of hydrogen-bond acceptors (Lipinski definition) is 3. The van der Waals surface area contributed by atoms with E-state index in [4.69, 9.17) is 9.15 Å². The largest absolute Gasteiger partial charge is 0.465 e. The zero-order valence-electron chi connectivity index (χ0n) is 14.3. The fourth-order valence-corrected chi connectivity index (χ4v) is 2.52. The molecule has 0 aliphatic heterocycles. The standard InChI is InChI=1S/C20H24O3/c1-5-22-20(21)19-15(4)23-18(13-14(2)3)17(19)12-11-16-9-7-6-8-10-16/h6-12,14H,5,13H2,1-4H3/b12-11-. The Morgan fingerprint density at radius 1 is 1.22 bits per heavy atom. The van der Waals surface area contributed by atoms with Crippen molar-refractivity contribution in [2.24, 2.45) is 5.92 Å². The Morgan fingerprint density at radius 3 is 2.52 bits per heavy atom. The molecule has 1 aromatic carbocycles. The third-order valence-corrected chi connectivity index (χ3v) is 3.51. The molecule has 0 atom stereocenters. The average molecular weight is 312 g/mol. The van der Waals surface area contributed by atoms with Gasteiger partial charge in [0.1, 0.15) is 17.1 Å². The second-order valence-electron chi connectivity index (χ2n) is 5.93. The van der Waals surface area contributed by atoms with E-state index in [1.54, 1.807) is 0 Å². The third-order valence-electron chi connectivity index (χ3n) is 3.51. The van der Waals surface area contributed by atoms with Gasteiger partial charge in [-0.15, -0.1) is 0 Å². The first-order valence-electron chi connectivity index (χ1n) is 8.05. The molecular formula is C20H24O3. The monoisotopic (exact) mass is 312 g/mol. The second kappa shape index (κ2) is 7.82. The van der Waals surface area contributed by atoms with E-state index in [0.717, 1.165) is 23.3 Å². The summed E-state index contributed by atoms with van der Waals surface area (Å²) in [7, 11) is 0. The molecule has 122 valence electrons. The molecule has 0 bridgehead atoms. The van der Waals surface area contributed by atoms with Crippen molar-refractivity contribution in [1.82, 2.24) is 0 Å². The van der Waals surface area contributed by atoms with E-state index < -0.39 is 0 Å². The molecule has 1 heterocycles. The quantitative estimate of drug-likeness (QED) is 0.694. The van der Waals surface area contributed by atoms with Gasteiger partial charge in [0.25, 0.3) is 0 Å². The van der Waals surface area contributed by atoms with Crippen molar-refractivity contribution in [3.63, 3.8) is 0 Å². The summed E-state index contributed by atoms with van der Waals surface area (Å²) in [6.45, 7) is 8.24. The van der Waals surface area contributed by atoms with Gasteiger partial charge in [-0.2, -0.15) is 0 Å². The SMILES string of the molecule is CCOC(=O)c1c(C)oc(CC(C)C)c1/C=C\c1ccccc1. The number of carbonyl (C=O) groups is 1. The summed E-state index contributed by atoms with van der Waals surface area (Å²) in [6, 6.07) is 10.0. The molecule has 0 radical (unpaired) electrons. The highest BCUT2D eigenvalue weighted by Gasteiger charge is 2.23. The molecule has 2 aromatic rings. The molecule has 3 heteroatoms. The van der Waals surface area contributed by atoms with Crippen LogP contribution in [0.15, 0.2) is 34.7 Å². The average Bonchev–Trinajstić information content (AvgIpc) is 2.81. The first-order valence-corrected chi connectivity index (χ1v) is 8.05. The number of aryl methyl sites for hydroxylation is 1. The van der Waals surface area contributed by atoms with Crippen LogP contribution in [0.4, 0.5) is 0 Å². The Morgan fingerprint density at radius 2 is 1.91 bits per heavy atom. The molecular weight excluding hydrogens is 288 g/mol. The van der Waals surface area contributed by atoms with E-state index in [-0.39, 0.29) is 5.97 Å². The zero-order valence-corrected chi connectivity index (χ0v) is 14.3. The van der Waals surface area contributed by atoms with Gasteiger partial charge in [0, 0.05) is 12.0 Å². The van der Waals surface area contributed by atoms with Crippen molar-refractivity contribution in [3.8, 4) is 0 Å². The molecule has 3 nitrogen and oxygen atoms in total. The zero-order chi connectivity index (χ0) is 16.8. The van der Waals surface area contributed by atoms with Crippen LogP contribution in [-0.2, 0) is 11.2 Å². The number of benzene rings is 1. The smallest absolute Gasteiger partial charge is 0.342 e. The van der Waals surface area contributed by atoms with E-state index in [9.17, 15) is 4.79 Å². The van der Waals surface area contributed by atoms with Gasteiger partial charge in [-0.05, 0) is 31.4 Å². The van der Waals surface area contributed by atoms with Crippen LogP contribution in [0.25, 0.3) is 12.2 Å². The maximum atomic E-state index is 12.3. The van der Waals surface area contributed by atoms with Gasteiger partial charge in [0.15, 0.2) is 0 Å². The van der Waals surface area contributed by atoms with Gasteiger partial charge in [-0.3, -0.25) is 0 Å². The van der Waals surface area contributed by atoms with Crippen molar-refractivity contribution in [1.29, 1.82) is 0 Å². The fraction of sp³-hybridized carbons (Fsp3) is 0.350. The predicted molar refractivity (Wildman–Crippen MR) is 93.3 cm³/mol. The Balaban J connectivity index is 2.44. The predicted octanol–water partition coefficient (Wildman–Crippen LogP) is 5.13. The van der Waals surface area contributed by atoms with Crippen LogP contribution in [0.3, 0.4) is 0 Å². The van der Waals surface area contributed by atoms with Crippen molar-refractivity contribution in [2.45, 2.75) is 34.1 Å². The van der Waals surface area contributed by atoms with E-state index >= 15 is 0 Å². The van der Waals surface area contributed by atoms with Gasteiger partial charge in [-0.1, -0.05) is 50.3 Å². The molecule has 1 aromatic heterocycles. The highest BCUT2D eigenvalue weighted by Crippen LogP contribution is 2.27. The summed E-state index contributed by atoms with van der Waals surface area (Å²) in [5.41, 5.74) is 2.45. The number of hydrogen-bond donors (Lipinski definition) is 0. The lowest BCUT2D eigenvalue weighted by Gasteiger charge is -2.04. The van der Waals surface area contributed by atoms with Crippen LogP contribution < -0.4 is 0 Å². The normalized spacial score (nSPS) is 11.3. The topological polar surface area (TPSA) is 39.4 Å². The minimum absolute atomic E-state index is 0.323. The Labute approximate surface area is 138 Å². The van der Waals surface area contributed by atoms with Crippen molar-refractivity contribution in [2.75, 3.05) is 6.61 Å². The molecule has 0 fully saturated rings. The van der Waals surface area contributed by atoms with Crippen LogP contribution in [0.5, 0.6) is 0 Å². The van der Waals surface area contributed by atoms with Gasteiger partial charge < -0.3 is 9.15 Å². The molecule has 23 heavy (non-hydrogen) atoms. The first kappa shape index (κ1) is 17.1. The Hall–Kier alpha value is -2.29. The van der Waals surface area contributed by atoms with Crippen molar-refractivity contribution < 1.29 is 13.9 Å². The highest BCUT2D eigenvalue weighted by atomic mass is 16.5. The van der Waals surface area contributed by atoms with E-state index in [1.165, 1.54) is 0 Å². The molecule has 0 N–H and O–H groups in total. The molecule has 0 amide bonds. The van der Waals surface area contributed by atoms with Crippen molar-refractivity contribution in [3.05, 3.63) is 58.5 Å². The summed E-state index contributed by atoms with van der Waals surface area (Å²) in [4.78, 5) is 12.3. The summed E-state index contributed by atoms with van der Waals surface area (Å²) in [5.74, 6) is 1.58. The summed E-state index contributed by atoms with van der Waals surface area (Å²) < 4.78 is 11.0. The van der Waals surface area contributed by atoms with Gasteiger partial charge >= 0.3 is 5.97 Å². The van der Waals surface area contributed by atoms with Gasteiger partial charge in [0.2, 0.25) is 0 Å². The number of furan rings is 1. The van der Waals surface area contributed by atoms with E-state index in [1.807, 2.05) is 56.3 Å². The van der Waals surface area contributed by atoms with Gasteiger partial charge in [0.05, 0.1) is 6.61 Å². The lowest BCUT2D eigenvalue weighted by atomic mass is 10.0. The Bertz CT molecular complexity index is 678. The molecule has 0 spiro atoms. The molecule has 0 saturated heterocycles. The maximum Gasteiger partial charge on any atom is 0.342 e. The van der Waals surface area contributed by atoms with Crippen molar-refractivity contribution >= 4 is 18.1 Å². The number of ether oxygens (including phenoxy) is 1. The minimum Gasteiger partial charge on any atom is -0.465 e. The lowest BCUT2D eigenvalue weighted by Crippen LogP contribution is -2.07. The van der Waals surface area contributed by atoms with E-state index in [2.05, 4.69) is 13.8 Å². The summed E-state index contributed by atoms with van der Waals surface area (Å²) in [6.07, 6.45) is 4.74. The second-order valence-corrected chi connectivity index (χ2v) is 5.93. The summed E-state index contributed by atoms with van der Waals surface area (Å²) >= 11 is 0.